The zero-order valence-corrected chi connectivity index (χ0v) is 13.6. The van der Waals surface area contributed by atoms with Crippen molar-refractivity contribution in [3.63, 3.8) is 0 Å². The van der Waals surface area contributed by atoms with Crippen molar-refractivity contribution in [3.05, 3.63) is 42.5 Å². The van der Waals surface area contributed by atoms with Gasteiger partial charge in [-0.3, -0.25) is 4.79 Å². The molecule has 1 saturated heterocycles. The number of carbonyl (C=O) groups is 1. The Kier molecular flexibility index (Phi) is 5.37. The van der Waals surface area contributed by atoms with E-state index >= 15 is 0 Å². The second-order valence-electron chi connectivity index (χ2n) is 5.64. The normalized spacial score (nSPS) is 16.5. The van der Waals surface area contributed by atoms with Gasteiger partial charge < -0.3 is 4.90 Å². The van der Waals surface area contributed by atoms with Crippen molar-refractivity contribution in [3.8, 4) is 0 Å². The maximum atomic E-state index is 12.4. The topological polar surface area (TPSA) is 66.5 Å². The first-order chi connectivity index (χ1) is 10.4. The van der Waals surface area contributed by atoms with Gasteiger partial charge in [0, 0.05) is 25.2 Å². The van der Waals surface area contributed by atoms with E-state index in [4.69, 9.17) is 0 Å². The number of sulfonamides is 1. The summed E-state index contributed by atoms with van der Waals surface area (Å²) < 4.78 is 26.3. The van der Waals surface area contributed by atoms with Crippen molar-refractivity contribution >= 4 is 15.9 Å². The molecule has 0 unspecified atom stereocenters. The van der Waals surface area contributed by atoms with Crippen LogP contribution in [0.1, 0.15) is 30.1 Å². The Morgan fingerprint density at radius 3 is 2.45 bits per heavy atom. The maximum absolute atomic E-state index is 12.4. The fourth-order valence-corrected chi connectivity index (χ4v) is 3.42. The first-order valence-electron chi connectivity index (χ1n) is 7.44. The molecule has 0 radical (unpaired) electrons. The van der Waals surface area contributed by atoms with Crippen LogP contribution >= 0.6 is 0 Å². The maximum Gasteiger partial charge on any atom is 0.253 e. The van der Waals surface area contributed by atoms with Gasteiger partial charge in [-0.05, 0) is 43.0 Å². The fraction of sp³-hybridized carbons (Fsp3) is 0.438. The van der Waals surface area contributed by atoms with E-state index in [-0.39, 0.29) is 17.3 Å². The van der Waals surface area contributed by atoms with Gasteiger partial charge in [-0.2, -0.15) is 0 Å². The SMILES string of the molecule is C=CCNS(=O)(=O)c1ccc(C(=O)N2CCC(C)CC2)cc1. The van der Waals surface area contributed by atoms with E-state index in [1.54, 1.807) is 12.1 Å². The van der Waals surface area contributed by atoms with Crippen LogP contribution in [0, 0.1) is 5.92 Å². The highest BCUT2D eigenvalue weighted by atomic mass is 32.2. The molecule has 1 amide bonds. The molecule has 22 heavy (non-hydrogen) atoms. The van der Waals surface area contributed by atoms with Crippen LogP contribution in [0.3, 0.4) is 0 Å². The predicted molar refractivity (Wildman–Crippen MR) is 86.1 cm³/mol. The summed E-state index contributed by atoms with van der Waals surface area (Å²) in [6, 6.07) is 6.07. The Labute approximate surface area is 132 Å². The van der Waals surface area contributed by atoms with Crippen LogP contribution in [0.5, 0.6) is 0 Å². The molecule has 1 fully saturated rings. The van der Waals surface area contributed by atoms with Crippen LogP contribution in [-0.4, -0.2) is 38.9 Å². The number of carbonyl (C=O) groups excluding carboxylic acids is 1. The molecule has 0 atom stereocenters. The van der Waals surface area contributed by atoms with Gasteiger partial charge >= 0.3 is 0 Å². The lowest BCUT2D eigenvalue weighted by Gasteiger charge is -2.30. The standard InChI is InChI=1S/C16H22N2O3S/c1-3-10-17-22(20,21)15-6-4-14(5-7-15)16(19)18-11-8-13(2)9-12-18/h3-7,13,17H,1,8-12H2,2H3. The third kappa shape index (κ3) is 3.96. The zero-order valence-electron chi connectivity index (χ0n) is 12.8. The van der Waals surface area contributed by atoms with Gasteiger partial charge in [0.1, 0.15) is 0 Å². The average molecular weight is 322 g/mol. The van der Waals surface area contributed by atoms with Crippen LogP contribution in [-0.2, 0) is 10.0 Å². The van der Waals surface area contributed by atoms with E-state index in [2.05, 4.69) is 18.2 Å². The van der Waals surface area contributed by atoms with Crippen LogP contribution in [0.4, 0.5) is 0 Å². The minimum Gasteiger partial charge on any atom is -0.339 e. The highest BCUT2D eigenvalue weighted by molar-refractivity contribution is 7.89. The van der Waals surface area contributed by atoms with Gasteiger partial charge in [0.25, 0.3) is 5.91 Å². The van der Waals surface area contributed by atoms with Crippen LogP contribution in [0.2, 0.25) is 0 Å². The third-order valence-electron chi connectivity index (χ3n) is 3.90. The molecular formula is C16H22N2O3S. The summed E-state index contributed by atoms with van der Waals surface area (Å²) in [5.74, 6) is 0.627. The number of likely N-dealkylation sites (tertiary alicyclic amines) is 1. The fourth-order valence-electron chi connectivity index (χ4n) is 2.42. The Hall–Kier alpha value is -1.66. The van der Waals surface area contributed by atoms with Crippen molar-refractivity contribution in [1.82, 2.24) is 9.62 Å². The minimum atomic E-state index is -3.54. The van der Waals surface area contributed by atoms with Crippen molar-refractivity contribution in [2.75, 3.05) is 19.6 Å². The molecule has 1 aromatic carbocycles. The molecule has 0 spiro atoms. The number of piperidine rings is 1. The van der Waals surface area contributed by atoms with Gasteiger partial charge in [-0.1, -0.05) is 13.0 Å². The Bertz CT molecular complexity index is 630. The van der Waals surface area contributed by atoms with Crippen molar-refractivity contribution in [2.45, 2.75) is 24.7 Å². The van der Waals surface area contributed by atoms with Crippen LogP contribution in [0.25, 0.3) is 0 Å². The molecule has 6 heteroatoms. The quantitative estimate of drug-likeness (QED) is 0.844. The predicted octanol–water partition coefficient (Wildman–Crippen LogP) is 2.02. The number of nitrogens with zero attached hydrogens (tertiary/aromatic N) is 1. The van der Waals surface area contributed by atoms with Gasteiger partial charge in [0.05, 0.1) is 4.90 Å². The van der Waals surface area contributed by atoms with Crippen LogP contribution < -0.4 is 4.72 Å². The largest absolute Gasteiger partial charge is 0.339 e. The van der Waals surface area contributed by atoms with E-state index in [9.17, 15) is 13.2 Å². The molecule has 0 saturated carbocycles. The van der Waals surface area contributed by atoms with Gasteiger partial charge in [-0.15, -0.1) is 6.58 Å². The molecule has 5 nitrogen and oxygen atoms in total. The van der Waals surface area contributed by atoms with Gasteiger partial charge in [-0.25, -0.2) is 13.1 Å². The average Bonchev–Trinajstić information content (AvgIpc) is 2.53. The van der Waals surface area contributed by atoms with Crippen LogP contribution in [0.15, 0.2) is 41.8 Å². The smallest absolute Gasteiger partial charge is 0.253 e. The molecule has 1 aliphatic rings. The summed E-state index contributed by atoms with van der Waals surface area (Å²) in [5.41, 5.74) is 0.525. The third-order valence-corrected chi connectivity index (χ3v) is 5.34. The lowest BCUT2D eigenvalue weighted by atomic mass is 9.98. The first kappa shape index (κ1) is 16.7. The molecule has 2 rings (SSSR count). The lowest BCUT2D eigenvalue weighted by Crippen LogP contribution is -2.37. The molecule has 1 aliphatic heterocycles. The van der Waals surface area contributed by atoms with E-state index < -0.39 is 10.0 Å². The van der Waals surface area contributed by atoms with Crippen molar-refractivity contribution in [1.29, 1.82) is 0 Å². The van der Waals surface area contributed by atoms with E-state index in [1.807, 2.05) is 4.90 Å². The van der Waals surface area contributed by atoms with Crippen molar-refractivity contribution in [2.24, 2.45) is 5.92 Å². The minimum absolute atomic E-state index is 0.0325. The summed E-state index contributed by atoms with van der Waals surface area (Å²) in [6.07, 6.45) is 3.51. The summed E-state index contributed by atoms with van der Waals surface area (Å²) >= 11 is 0. The summed E-state index contributed by atoms with van der Waals surface area (Å²) in [7, 11) is -3.54. The molecule has 120 valence electrons. The molecule has 1 heterocycles. The first-order valence-corrected chi connectivity index (χ1v) is 8.92. The second-order valence-corrected chi connectivity index (χ2v) is 7.41. The van der Waals surface area contributed by atoms with Gasteiger partial charge in [0.15, 0.2) is 0 Å². The highest BCUT2D eigenvalue weighted by Crippen LogP contribution is 2.19. The number of hydrogen-bond donors (Lipinski definition) is 1. The number of nitrogens with one attached hydrogen (secondary N) is 1. The molecule has 0 aliphatic carbocycles. The van der Waals surface area contributed by atoms with Crippen molar-refractivity contribution < 1.29 is 13.2 Å². The Morgan fingerprint density at radius 1 is 1.32 bits per heavy atom. The number of benzene rings is 1. The summed E-state index contributed by atoms with van der Waals surface area (Å²) in [5, 5.41) is 0. The molecule has 0 bridgehead atoms. The molecule has 0 aromatic heterocycles. The zero-order chi connectivity index (χ0) is 16.2. The van der Waals surface area contributed by atoms with Gasteiger partial charge in [0.2, 0.25) is 10.0 Å². The highest BCUT2D eigenvalue weighted by Gasteiger charge is 2.22. The monoisotopic (exact) mass is 322 g/mol. The molecular weight excluding hydrogens is 300 g/mol. The van der Waals surface area contributed by atoms with E-state index in [0.717, 1.165) is 25.9 Å². The lowest BCUT2D eigenvalue weighted by molar-refractivity contribution is 0.0697. The Morgan fingerprint density at radius 2 is 1.91 bits per heavy atom. The Balaban J connectivity index is 2.08. The molecule has 1 N–H and O–H groups in total. The van der Waals surface area contributed by atoms with E-state index in [1.165, 1.54) is 18.2 Å². The second kappa shape index (κ2) is 7.07. The summed E-state index contributed by atoms with van der Waals surface area (Å²) in [6.45, 7) is 7.37. The number of hydrogen-bond acceptors (Lipinski definition) is 3. The number of rotatable bonds is 5. The molecule has 1 aromatic rings. The summed E-state index contributed by atoms with van der Waals surface area (Å²) in [4.78, 5) is 14.4. The van der Waals surface area contributed by atoms with E-state index in [0.29, 0.717) is 11.5 Å². The number of amides is 1.